The Morgan fingerprint density at radius 1 is 1.00 bits per heavy atom. The summed E-state index contributed by atoms with van der Waals surface area (Å²) in [5.41, 5.74) is 3.69. The van der Waals surface area contributed by atoms with E-state index in [9.17, 15) is 13.2 Å². The van der Waals surface area contributed by atoms with Crippen LogP contribution in [0, 0.1) is 13.8 Å². The molecule has 1 N–H and O–H groups in total. The Hall–Kier alpha value is -3.60. The second kappa shape index (κ2) is 11.7. The molecule has 2 atom stereocenters. The maximum atomic E-state index is 13.5. The maximum Gasteiger partial charge on any atom is 0.416 e. The van der Waals surface area contributed by atoms with Crippen LogP contribution in [0.5, 0.6) is 5.75 Å². The minimum atomic E-state index is -4.45. The van der Waals surface area contributed by atoms with Crippen LogP contribution in [0.1, 0.15) is 40.3 Å². The van der Waals surface area contributed by atoms with Gasteiger partial charge < -0.3 is 24.3 Å². The van der Waals surface area contributed by atoms with Gasteiger partial charge in [0.25, 0.3) is 0 Å². The van der Waals surface area contributed by atoms with Crippen molar-refractivity contribution in [2.75, 3.05) is 25.2 Å². The highest BCUT2D eigenvalue weighted by molar-refractivity contribution is 7.80. The maximum absolute atomic E-state index is 13.5. The summed E-state index contributed by atoms with van der Waals surface area (Å²) >= 11 is 12.4. The Labute approximate surface area is 246 Å². The van der Waals surface area contributed by atoms with Gasteiger partial charge in [-0.3, -0.25) is 4.98 Å². The summed E-state index contributed by atoms with van der Waals surface area (Å²) in [5, 5.41) is 4.30. The topological polar surface area (TPSA) is 51.6 Å². The molecule has 214 valence electrons. The Balaban J connectivity index is 1.61. The van der Waals surface area contributed by atoms with E-state index in [1.807, 2.05) is 53.6 Å². The fourth-order valence-electron chi connectivity index (χ4n) is 5.25. The number of rotatable bonds is 8. The van der Waals surface area contributed by atoms with Gasteiger partial charge in [-0.1, -0.05) is 23.7 Å². The van der Waals surface area contributed by atoms with E-state index >= 15 is 0 Å². The number of benzene rings is 2. The molecule has 0 aliphatic carbocycles. The van der Waals surface area contributed by atoms with Gasteiger partial charge in [0, 0.05) is 36.1 Å². The first-order chi connectivity index (χ1) is 19.6. The van der Waals surface area contributed by atoms with Crippen LogP contribution < -0.4 is 15.0 Å². The predicted molar refractivity (Wildman–Crippen MR) is 157 cm³/mol. The first-order valence-corrected chi connectivity index (χ1v) is 13.7. The molecule has 0 spiro atoms. The van der Waals surface area contributed by atoms with Gasteiger partial charge in [-0.05, 0) is 86.2 Å². The van der Waals surface area contributed by atoms with Crippen molar-refractivity contribution < 1.29 is 22.6 Å². The van der Waals surface area contributed by atoms with Gasteiger partial charge in [-0.15, -0.1) is 0 Å². The minimum Gasteiger partial charge on any atom is -0.490 e. The number of halogens is 4. The molecule has 0 bridgehead atoms. The van der Waals surface area contributed by atoms with Gasteiger partial charge in [0.05, 0.1) is 35.0 Å². The standard InChI is InChI=1S/C30H28ClF3N4O2S/c1-18-15-23(19(2)37(18)21-8-6-7-20(16-21)30(32,33)34)28-27(25-9-4-5-12-35-25)36-29(41)38(28)22-10-11-26(24(31)17-22)40-14-13-39-3/h4-12,15-17,27-28H,13-14H2,1-3H3,(H,36,41). The molecule has 3 heterocycles. The normalized spacial score (nSPS) is 17.1. The average molecular weight is 601 g/mol. The van der Waals surface area contributed by atoms with Crippen molar-refractivity contribution in [3.8, 4) is 11.4 Å². The predicted octanol–water partition coefficient (Wildman–Crippen LogP) is 7.36. The molecule has 2 aromatic carbocycles. The summed E-state index contributed by atoms with van der Waals surface area (Å²) in [5.74, 6) is 0.520. The number of nitrogens with zero attached hydrogens (tertiary/aromatic N) is 3. The van der Waals surface area contributed by atoms with Crippen molar-refractivity contribution in [3.05, 3.63) is 106 Å². The molecule has 41 heavy (non-hydrogen) atoms. The molecular weight excluding hydrogens is 573 g/mol. The third-order valence-electron chi connectivity index (χ3n) is 7.06. The highest BCUT2D eigenvalue weighted by atomic mass is 35.5. The van der Waals surface area contributed by atoms with Crippen LogP contribution in [0.15, 0.2) is 72.9 Å². The fourth-order valence-corrected chi connectivity index (χ4v) is 5.82. The third-order valence-corrected chi connectivity index (χ3v) is 7.67. The lowest BCUT2D eigenvalue weighted by Crippen LogP contribution is -2.29. The molecule has 4 aromatic rings. The van der Waals surface area contributed by atoms with Crippen molar-refractivity contribution in [2.24, 2.45) is 0 Å². The molecule has 2 unspecified atom stereocenters. The Kier molecular flexibility index (Phi) is 8.26. The average Bonchev–Trinajstić information content (AvgIpc) is 3.44. The van der Waals surface area contributed by atoms with E-state index in [4.69, 9.17) is 33.3 Å². The fraction of sp³-hybridized carbons (Fsp3) is 0.267. The molecule has 0 radical (unpaired) electrons. The number of aryl methyl sites for hydroxylation is 1. The molecule has 1 aliphatic heterocycles. The van der Waals surface area contributed by atoms with Gasteiger partial charge in [0.15, 0.2) is 5.11 Å². The summed E-state index contributed by atoms with van der Waals surface area (Å²) in [6.45, 7) is 4.55. The molecule has 2 aromatic heterocycles. The van der Waals surface area contributed by atoms with Gasteiger partial charge in [-0.25, -0.2) is 0 Å². The van der Waals surface area contributed by atoms with Crippen LogP contribution in [0.3, 0.4) is 0 Å². The number of aromatic nitrogens is 2. The third kappa shape index (κ3) is 5.77. The number of thiocarbonyl (C=S) groups is 1. The molecule has 11 heteroatoms. The van der Waals surface area contributed by atoms with Crippen LogP contribution in [0.2, 0.25) is 5.02 Å². The number of hydrogen-bond donors (Lipinski definition) is 1. The number of hydrogen-bond acceptors (Lipinski definition) is 4. The summed E-state index contributed by atoms with van der Waals surface area (Å²) < 4.78 is 53.2. The number of ether oxygens (including phenoxy) is 2. The van der Waals surface area contributed by atoms with Crippen molar-refractivity contribution in [3.63, 3.8) is 0 Å². The van der Waals surface area contributed by atoms with E-state index in [2.05, 4.69) is 10.3 Å². The van der Waals surface area contributed by atoms with Crippen molar-refractivity contribution in [1.29, 1.82) is 0 Å². The molecule has 1 fully saturated rings. The van der Waals surface area contributed by atoms with E-state index in [0.29, 0.717) is 34.8 Å². The minimum absolute atomic E-state index is 0.337. The summed E-state index contributed by atoms with van der Waals surface area (Å²) in [4.78, 5) is 6.56. The zero-order valence-electron chi connectivity index (χ0n) is 22.6. The Morgan fingerprint density at radius 3 is 2.49 bits per heavy atom. The summed E-state index contributed by atoms with van der Waals surface area (Å²) in [6.07, 6.45) is -2.73. The summed E-state index contributed by atoms with van der Waals surface area (Å²) in [6, 6.07) is 17.7. The number of alkyl halides is 3. The van der Waals surface area contributed by atoms with E-state index in [-0.39, 0.29) is 12.1 Å². The number of pyridine rings is 1. The molecule has 6 nitrogen and oxygen atoms in total. The second-order valence-corrected chi connectivity index (χ2v) is 10.5. The SMILES string of the molecule is COCCOc1ccc(N2C(=S)NC(c3ccccn3)C2c2cc(C)n(-c3cccc(C(F)(F)F)c3)c2C)cc1Cl. The highest BCUT2D eigenvalue weighted by Crippen LogP contribution is 2.45. The first-order valence-electron chi connectivity index (χ1n) is 12.9. The Morgan fingerprint density at radius 2 is 1.80 bits per heavy atom. The molecule has 1 saturated heterocycles. The van der Waals surface area contributed by atoms with Crippen LogP contribution in [-0.2, 0) is 10.9 Å². The molecule has 0 amide bonds. The lowest BCUT2D eigenvalue weighted by Gasteiger charge is -2.28. The van der Waals surface area contributed by atoms with Gasteiger partial charge in [0.1, 0.15) is 12.4 Å². The number of anilines is 1. The number of methoxy groups -OCH3 is 1. The van der Waals surface area contributed by atoms with Gasteiger partial charge in [0.2, 0.25) is 0 Å². The van der Waals surface area contributed by atoms with E-state index < -0.39 is 11.7 Å². The van der Waals surface area contributed by atoms with Crippen LogP contribution in [-0.4, -0.2) is 35.0 Å². The van der Waals surface area contributed by atoms with E-state index in [1.54, 1.807) is 31.5 Å². The largest absolute Gasteiger partial charge is 0.490 e. The zero-order chi connectivity index (χ0) is 29.3. The lowest BCUT2D eigenvalue weighted by atomic mass is 9.96. The van der Waals surface area contributed by atoms with Gasteiger partial charge >= 0.3 is 6.18 Å². The summed E-state index contributed by atoms with van der Waals surface area (Å²) in [7, 11) is 1.59. The van der Waals surface area contributed by atoms with Crippen LogP contribution in [0.25, 0.3) is 5.69 Å². The molecule has 5 rings (SSSR count). The molecule has 0 saturated carbocycles. The van der Waals surface area contributed by atoms with Crippen molar-refractivity contribution in [2.45, 2.75) is 32.1 Å². The zero-order valence-corrected chi connectivity index (χ0v) is 24.1. The quantitative estimate of drug-likeness (QED) is 0.168. The number of nitrogens with one attached hydrogen (secondary N) is 1. The monoisotopic (exact) mass is 600 g/mol. The lowest BCUT2D eigenvalue weighted by molar-refractivity contribution is -0.137. The highest BCUT2D eigenvalue weighted by Gasteiger charge is 2.42. The van der Waals surface area contributed by atoms with Gasteiger partial charge in [-0.2, -0.15) is 13.2 Å². The van der Waals surface area contributed by atoms with E-state index in [1.165, 1.54) is 6.07 Å². The smallest absolute Gasteiger partial charge is 0.416 e. The van der Waals surface area contributed by atoms with Crippen LogP contribution in [0.4, 0.5) is 18.9 Å². The first kappa shape index (κ1) is 28.9. The second-order valence-electron chi connectivity index (χ2n) is 9.66. The molecule has 1 aliphatic rings. The molecular formula is C30H28ClF3N4O2S. The Bertz CT molecular complexity index is 1560. The van der Waals surface area contributed by atoms with Crippen LogP contribution >= 0.6 is 23.8 Å². The van der Waals surface area contributed by atoms with Crippen molar-refractivity contribution in [1.82, 2.24) is 14.9 Å². The van der Waals surface area contributed by atoms with E-state index in [0.717, 1.165) is 40.5 Å². The van der Waals surface area contributed by atoms with Crippen molar-refractivity contribution >= 4 is 34.6 Å².